The summed E-state index contributed by atoms with van der Waals surface area (Å²) in [5.41, 5.74) is -0.199. The molecule has 2 N–H and O–H groups in total. The number of aromatic nitrogens is 4. The molecular formula is C15H13ClFN5O5S. The van der Waals surface area contributed by atoms with Crippen LogP contribution in [0.15, 0.2) is 29.4 Å². The van der Waals surface area contributed by atoms with Gasteiger partial charge in [-0.2, -0.15) is 18.9 Å². The summed E-state index contributed by atoms with van der Waals surface area (Å²) in [4.78, 5) is 18.6. The summed E-state index contributed by atoms with van der Waals surface area (Å²) in [6, 6.07) is 4.80. The molecule has 2 aromatic heterocycles. The lowest BCUT2D eigenvalue weighted by molar-refractivity contribution is 0.0695. The number of sulfonamides is 1. The van der Waals surface area contributed by atoms with Crippen LogP contribution < -0.4 is 9.46 Å². The van der Waals surface area contributed by atoms with Crippen molar-refractivity contribution >= 4 is 33.2 Å². The smallest absolute Gasteiger partial charge is 0.336 e. The molecule has 0 atom stereocenters. The van der Waals surface area contributed by atoms with Crippen molar-refractivity contribution in [2.45, 2.75) is 18.6 Å². The number of hydrogen-bond acceptors (Lipinski definition) is 7. The Morgan fingerprint density at radius 2 is 2.14 bits per heavy atom. The maximum Gasteiger partial charge on any atom is 0.336 e. The van der Waals surface area contributed by atoms with Gasteiger partial charge in [0.05, 0.1) is 12.2 Å². The van der Waals surface area contributed by atoms with E-state index < -0.39 is 33.6 Å². The van der Waals surface area contributed by atoms with Crippen LogP contribution in [0.2, 0.25) is 5.02 Å². The molecule has 0 bridgehead atoms. The maximum absolute atomic E-state index is 13.6. The fourth-order valence-electron chi connectivity index (χ4n) is 2.32. The summed E-state index contributed by atoms with van der Waals surface area (Å²) in [6.45, 7) is 1.37. The summed E-state index contributed by atoms with van der Waals surface area (Å²) in [6.07, 6.45) is 0. The van der Waals surface area contributed by atoms with Crippen LogP contribution in [0.4, 0.5) is 4.39 Å². The van der Waals surface area contributed by atoms with Crippen molar-refractivity contribution < 1.29 is 27.4 Å². The van der Waals surface area contributed by atoms with Crippen molar-refractivity contribution in [3.63, 3.8) is 0 Å². The zero-order valence-corrected chi connectivity index (χ0v) is 15.8. The van der Waals surface area contributed by atoms with Gasteiger partial charge in [0.25, 0.3) is 15.2 Å². The maximum atomic E-state index is 13.6. The minimum Gasteiger partial charge on any atom is -0.478 e. The van der Waals surface area contributed by atoms with Gasteiger partial charge in [-0.1, -0.05) is 17.7 Å². The Bertz CT molecular complexity index is 1170. The third-order valence-electron chi connectivity index (χ3n) is 3.55. The number of fused-ring (bicyclic) bond motifs is 1. The molecule has 10 nitrogen and oxygen atoms in total. The van der Waals surface area contributed by atoms with E-state index in [-0.39, 0.29) is 34.4 Å². The lowest BCUT2D eigenvalue weighted by Crippen LogP contribution is -2.25. The molecule has 0 saturated heterocycles. The minimum absolute atomic E-state index is 0.0757. The van der Waals surface area contributed by atoms with Crippen molar-refractivity contribution in [3.05, 3.63) is 46.4 Å². The second-order valence-electron chi connectivity index (χ2n) is 5.35. The highest BCUT2D eigenvalue weighted by atomic mass is 35.5. The largest absolute Gasteiger partial charge is 0.478 e. The van der Waals surface area contributed by atoms with Gasteiger partial charge in [-0.05, 0) is 19.1 Å². The number of rotatable bonds is 7. The summed E-state index contributed by atoms with van der Waals surface area (Å²) < 4.78 is 46.9. The van der Waals surface area contributed by atoms with Crippen molar-refractivity contribution in [1.29, 1.82) is 0 Å². The van der Waals surface area contributed by atoms with E-state index in [9.17, 15) is 22.7 Å². The minimum atomic E-state index is -4.27. The zero-order chi connectivity index (χ0) is 20.5. The number of halogens is 2. The Hall–Kier alpha value is -2.83. The number of hydrogen-bond donors (Lipinski definition) is 2. The lowest BCUT2D eigenvalue weighted by atomic mass is 10.1. The molecule has 148 valence electrons. The van der Waals surface area contributed by atoms with Gasteiger partial charge < -0.3 is 9.84 Å². The van der Waals surface area contributed by atoms with Gasteiger partial charge >= 0.3 is 12.0 Å². The Morgan fingerprint density at radius 3 is 2.82 bits per heavy atom. The van der Waals surface area contributed by atoms with E-state index in [1.165, 1.54) is 18.2 Å². The van der Waals surface area contributed by atoms with E-state index in [0.717, 1.165) is 10.6 Å². The predicted molar refractivity (Wildman–Crippen MR) is 94.3 cm³/mol. The van der Waals surface area contributed by atoms with Crippen LogP contribution >= 0.6 is 11.6 Å². The van der Waals surface area contributed by atoms with Gasteiger partial charge in [0.2, 0.25) is 5.95 Å². The number of carboxylic acids is 1. The molecule has 0 fully saturated rings. The summed E-state index contributed by atoms with van der Waals surface area (Å²) in [5.74, 6) is -2.17. The quantitative estimate of drug-likeness (QED) is 0.539. The molecule has 0 aliphatic heterocycles. The van der Waals surface area contributed by atoms with Crippen molar-refractivity contribution in [1.82, 2.24) is 24.3 Å². The third-order valence-corrected chi connectivity index (χ3v) is 5.08. The molecule has 28 heavy (non-hydrogen) atoms. The number of nitrogens with one attached hydrogen (secondary N) is 1. The molecule has 0 amide bonds. The molecule has 0 spiro atoms. The molecule has 0 saturated carbocycles. The van der Waals surface area contributed by atoms with Gasteiger partial charge in [0.1, 0.15) is 0 Å². The van der Waals surface area contributed by atoms with E-state index in [4.69, 9.17) is 16.3 Å². The molecule has 1 aromatic carbocycles. The number of nitrogens with zero attached hydrogens (tertiary/aromatic N) is 4. The summed E-state index contributed by atoms with van der Waals surface area (Å²) in [7, 11) is -4.27. The molecule has 3 aromatic rings. The van der Waals surface area contributed by atoms with E-state index in [1.807, 2.05) is 0 Å². The third kappa shape index (κ3) is 3.88. The van der Waals surface area contributed by atoms with E-state index >= 15 is 0 Å². The van der Waals surface area contributed by atoms with Crippen LogP contribution in [0.1, 0.15) is 22.8 Å². The second kappa shape index (κ2) is 7.66. The van der Waals surface area contributed by atoms with Crippen LogP contribution in [0.25, 0.3) is 5.65 Å². The first kappa shape index (κ1) is 19.9. The first-order chi connectivity index (χ1) is 13.2. The molecule has 0 radical (unpaired) electrons. The number of aromatic carboxylic acids is 1. The van der Waals surface area contributed by atoms with E-state index in [2.05, 4.69) is 19.8 Å². The molecule has 2 heterocycles. The fourth-order valence-corrected chi connectivity index (χ4v) is 3.43. The Kier molecular flexibility index (Phi) is 5.45. The van der Waals surface area contributed by atoms with E-state index in [0.29, 0.717) is 0 Å². The first-order valence-electron chi connectivity index (χ1n) is 7.79. The highest BCUT2D eigenvalue weighted by Gasteiger charge is 2.24. The van der Waals surface area contributed by atoms with Crippen molar-refractivity contribution in [2.75, 3.05) is 6.61 Å². The van der Waals surface area contributed by atoms with Gasteiger partial charge in [-0.3, -0.25) is 0 Å². The Balaban J connectivity index is 1.94. The average Bonchev–Trinajstić information content (AvgIpc) is 3.05. The SMILES string of the molecule is CCOc1nc(F)cc2nc(S(=O)(=O)NCc3c(Cl)cccc3C(=O)O)nn12. The van der Waals surface area contributed by atoms with Gasteiger partial charge in [-0.25, -0.2) is 17.9 Å². The van der Waals surface area contributed by atoms with Gasteiger partial charge in [-0.15, -0.1) is 5.10 Å². The van der Waals surface area contributed by atoms with Crippen molar-refractivity contribution in [2.24, 2.45) is 0 Å². The zero-order valence-electron chi connectivity index (χ0n) is 14.3. The molecule has 13 heteroatoms. The number of benzene rings is 1. The number of carbonyl (C=O) groups is 1. The van der Waals surface area contributed by atoms with Gasteiger partial charge in [0.15, 0.2) is 5.65 Å². The standard InChI is InChI=1S/C15H13ClFN5O5S/c1-2-27-15-19-11(17)6-12-20-14(21-22(12)15)28(25,26)18-7-9-8(13(23)24)4-3-5-10(9)16/h3-6,18H,2,7H2,1H3,(H,23,24). The molecule has 0 unspecified atom stereocenters. The van der Waals surface area contributed by atoms with Crippen molar-refractivity contribution in [3.8, 4) is 6.01 Å². The van der Waals surface area contributed by atoms with Crippen LogP contribution in [0, 0.1) is 5.95 Å². The fraction of sp³-hybridized carbons (Fsp3) is 0.200. The van der Waals surface area contributed by atoms with Crippen LogP contribution in [-0.4, -0.2) is 45.7 Å². The van der Waals surface area contributed by atoms with Crippen LogP contribution in [0.5, 0.6) is 6.01 Å². The lowest BCUT2D eigenvalue weighted by Gasteiger charge is -2.09. The normalized spacial score (nSPS) is 11.7. The Morgan fingerprint density at radius 1 is 1.39 bits per heavy atom. The Labute approximate surface area is 163 Å². The highest BCUT2D eigenvalue weighted by Crippen LogP contribution is 2.21. The van der Waals surface area contributed by atoms with Crippen LogP contribution in [0.3, 0.4) is 0 Å². The van der Waals surface area contributed by atoms with Gasteiger partial charge in [0, 0.05) is 23.2 Å². The number of ether oxygens (including phenoxy) is 1. The number of carboxylic acid groups (broad SMARTS) is 1. The summed E-state index contributed by atoms with van der Waals surface area (Å²) in [5, 5.41) is 12.4. The van der Waals surface area contributed by atoms with E-state index in [1.54, 1.807) is 6.92 Å². The molecule has 0 aliphatic rings. The van der Waals surface area contributed by atoms with Crippen LogP contribution in [-0.2, 0) is 16.6 Å². The second-order valence-corrected chi connectivity index (χ2v) is 7.42. The predicted octanol–water partition coefficient (Wildman–Crippen LogP) is 1.49. The average molecular weight is 430 g/mol. The molecule has 3 rings (SSSR count). The topological polar surface area (TPSA) is 136 Å². The molecule has 0 aliphatic carbocycles. The first-order valence-corrected chi connectivity index (χ1v) is 9.65. The highest BCUT2D eigenvalue weighted by molar-refractivity contribution is 7.89. The summed E-state index contributed by atoms with van der Waals surface area (Å²) >= 11 is 5.99. The molecular weight excluding hydrogens is 417 g/mol. The monoisotopic (exact) mass is 429 g/mol.